The molecule has 2 aromatic carbocycles. The van der Waals surface area contributed by atoms with Crippen LogP contribution < -0.4 is 5.32 Å². The van der Waals surface area contributed by atoms with Crippen molar-refractivity contribution in [1.82, 2.24) is 5.32 Å². The molecule has 0 aliphatic rings. The van der Waals surface area contributed by atoms with Crippen LogP contribution >= 0.6 is 0 Å². The van der Waals surface area contributed by atoms with Crippen molar-refractivity contribution in [2.45, 2.75) is 19.4 Å². The number of aldehydes is 1. The lowest BCUT2D eigenvalue weighted by Crippen LogP contribution is -2.30. The van der Waals surface area contributed by atoms with Crippen LogP contribution in [0.5, 0.6) is 0 Å². The molecule has 0 fully saturated rings. The molecule has 1 amide bonds. The lowest BCUT2D eigenvalue weighted by atomic mass is 10.0. The molecule has 0 unspecified atom stereocenters. The molecule has 0 spiro atoms. The van der Waals surface area contributed by atoms with Gasteiger partial charge in [-0.3, -0.25) is 0 Å². The molecule has 4 heteroatoms. The fraction of sp³-hybridized carbons (Fsp3) is 0.263. The average molecular weight is 311 g/mol. The first kappa shape index (κ1) is 16.7. The quantitative estimate of drug-likeness (QED) is 0.761. The Morgan fingerprint density at radius 1 is 1.00 bits per heavy atom. The van der Waals surface area contributed by atoms with Gasteiger partial charge in [-0.2, -0.15) is 0 Å². The molecule has 0 saturated carbocycles. The summed E-state index contributed by atoms with van der Waals surface area (Å²) >= 11 is 0. The Morgan fingerprint density at radius 3 is 2.22 bits per heavy atom. The molecule has 0 saturated heterocycles. The zero-order valence-corrected chi connectivity index (χ0v) is 13.0. The second-order valence-corrected chi connectivity index (χ2v) is 5.36. The zero-order chi connectivity index (χ0) is 16.3. The summed E-state index contributed by atoms with van der Waals surface area (Å²) in [4.78, 5) is 22.8. The number of hydrogen-bond donors (Lipinski definition) is 1. The van der Waals surface area contributed by atoms with Gasteiger partial charge in [-0.25, -0.2) is 4.79 Å². The molecule has 2 rings (SSSR count). The number of rotatable bonds is 8. The molecule has 1 atom stereocenters. The van der Waals surface area contributed by atoms with Crippen molar-refractivity contribution in [3.63, 3.8) is 0 Å². The molecular weight excluding hydrogens is 290 g/mol. The van der Waals surface area contributed by atoms with Crippen LogP contribution in [-0.4, -0.2) is 18.9 Å². The summed E-state index contributed by atoms with van der Waals surface area (Å²) in [5.41, 5.74) is 2.12. The number of hydrogen-bond acceptors (Lipinski definition) is 3. The van der Waals surface area contributed by atoms with E-state index in [1.165, 1.54) is 5.56 Å². The van der Waals surface area contributed by atoms with Gasteiger partial charge >= 0.3 is 6.09 Å². The molecule has 1 N–H and O–H groups in total. The van der Waals surface area contributed by atoms with Gasteiger partial charge in [0.05, 0.1) is 0 Å². The fourth-order valence-corrected chi connectivity index (χ4v) is 2.20. The highest BCUT2D eigenvalue weighted by Gasteiger charge is 2.10. The highest BCUT2D eigenvalue weighted by molar-refractivity contribution is 5.68. The van der Waals surface area contributed by atoms with E-state index in [0.29, 0.717) is 13.0 Å². The predicted octanol–water partition coefficient (Wildman–Crippen LogP) is 3.36. The van der Waals surface area contributed by atoms with Crippen LogP contribution in [0.25, 0.3) is 0 Å². The Balaban J connectivity index is 1.68. The largest absolute Gasteiger partial charge is 0.445 e. The monoisotopic (exact) mass is 311 g/mol. The molecular formula is C19H21NO3. The van der Waals surface area contributed by atoms with Gasteiger partial charge in [-0.15, -0.1) is 0 Å². The minimum atomic E-state index is -0.500. The molecule has 0 aliphatic carbocycles. The van der Waals surface area contributed by atoms with E-state index < -0.39 is 6.09 Å². The van der Waals surface area contributed by atoms with Crippen molar-refractivity contribution < 1.29 is 14.3 Å². The van der Waals surface area contributed by atoms with Crippen LogP contribution in [-0.2, 0) is 22.6 Å². The Hall–Kier alpha value is -2.62. The number of aryl methyl sites for hydroxylation is 1. The lowest BCUT2D eigenvalue weighted by Gasteiger charge is -2.12. The summed E-state index contributed by atoms with van der Waals surface area (Å²) in [5.74, 6) is -0.209. The van der Waals surface area contributed by atoms with Crippen molar-refractivity contribution in [3.05, 3.63) is 71.8 Å². The third kappa shape index (κ3) is 6.34. The van der Waals surface area contributed by atoms with Crippen LogP contribution in [0.4, 0.5) is 4.79 Å². The topological polar surface area (TPSA) is 55.4 Å². The van der Waals surface area contributed by atoms with Gasteiger partial charge in [0.25, 0.3) is 0 Å². The molecule has 0 bridgehead atoms. The van der Waals surface area contributed by atoms with Crippen LogP contribution in [0.2, 0.25) is 0 Å². The highest BCUT2D eigenvalue weighted by Crippen LogP contribution is 2.08. The molecule has 4 nitrogen and oxygen atoms in total. The average Bonchev–Trinajstić information content (AvgIpc) is 2.62. The number of amides is 1. The molecule has 0 aromatic heterocycles. The van der Waals surface area contributed by atoms with E-state index in [9.17, 15) is 9.59 Å². The van der Waals surface area contributed by atoms with Gasteiger partial charge < -0.3 is 14.8 Å². The van der Waals surface area contributed by atoms with Crippen molar-refractivity contribution in [2.24, 2.45) is 5.92 Å². The number of benzene rings is 2. The summed E-state index contributed by atoms with van der Waals surface area (Å²) < 4.78 is 5.12. The first-order valence-corrected chi connectivity index (χ1v) is 7.71. The minimum absolute atomic E-state index is 0.209. The third-order valence-corrected chi connectivity index (χ3v) is 3.56. The Morgan fingerprint density at radius 2 is 1.61 bits per heavy atom. The van der Waals surface area contributed by atoms with Gasteiger partial charge in [0.15, 0.2) is 0 Å². The van der Waals surface area contributed by atoms with Gasteiger partial charge in [0.2, 0.25) is 0 Å². The number of carbonyl (C=O) groups is 2. The number of carbonyl (C=O) groups excluding carboxylic acids is 2. The molecule has 0 aliphatic heterocycles. The maximum Gasteiger partial charge on any atom is 0.407 e. The number of alkyl carbamates (subject to hydrolysis) is 1. The predicted molar refractivity (Wildman–Crippen MR) is 88.9 cm³/mol. The van der Waals surface area contributed by atoms with E-state index in [1.54, 1.807) is 0 Å². The summed E-state index contributed by atoms with van der Waals surface area (Å²) in [7, 11) is 0. The van der Waals surface area contributed by atoms with Gasteiger partial charge in [0.1, 0.15) is 12.9 Å². The Bertz CT molecular complexity index is 599. The van der Waals surface area contributed by atoms with Gasteiger partial charge in [-0.1, -0.05) is 60.7 Å². The van der Waals surface area contributed by atoms with Crippen LogP contribution in [0.3, 0.4) is 0 Å². The van der Waals surface area contributed by atoms with Gasteiger partial charge in [0, 0.05) is 12.5 Å². The van der Waals surface area contributed by atoms with E-state index in [0.717, 1.165) is 18.3 Å². The van der Waals surface area contributed by atoms with E-state index in [1.807, 2.05) is 60.7 Å². The third-order valence-electron chi connectivity index (χ3n) is 3.56. The summed E-state index contributed by atoms with van der Waals surface area (Å²) in [5, 5.41) is 2.65. The highest BCUT2D eigenvalue weighted by atomic mass is 16.5. The van der Waals surface area contributed by atoms with Crippen LogP contribution in [0.1, 0.15) is 17.5 Å². The van der Waals surface area contributed by atoms with E-state index in [2.05, 4.69) is 5.32 Å². The first-order valence-electron chi connectivity index (χ1n) is 7.71. The Labute approximate surface area is 136 Å². The van der Waals surface area contributed by atoms with E-state index >= 15 is 0 Å². The van der Waals surface area contributed by atoms with Crippen LogP contribution in [0.15, 0.2) is 60.7 Å². The van der Waals surface area contributed by atoms with Crippen molar-refractivity contribution in [3.8, 4) is 0 Å². The summed E-state index contributed by atoms with van der Waals surface area (Å²) in [6.45, 7) is 0.520. The van der Waals surface area contributed by atoms with Crippen molar-refractivity contribution >= 4 is 12.4 Å². The molecule has 23 heavy (non-hydrogen) atoms. The standard InChI is InChI=1S/C19H21NO3/c21-14-18(12-11-16-7-3-1-4-8-16)13-20-19(22)23-15-17-9-5-2-6-10-17/h1-10,14,18H,11-13,15H2,(H,20,22)/t18-/m0/s1. The lowest BCUT2D eigenvalue weighted by molar-refractivity contribution is -0.111. The molecule has 0 radical (unpaired) electrons. The van der Waals surface area contributed by atoms with Crippen molar-refractivity contribution in [1.29, 1.82) is 0 Å². The second-order valence-electron chi connectivity index (χ2n) is 5.36. The molecule has 2 aromatic rings. The van der Waals surface area contributed by atoms with Crippen molar-refractivity contribution in [2.75, 3.05) is 6.54 Å². The van der Waals surface area contributed by atoms with Gasteiger partial charge in [-0.05, 0) is 24.0 Å². The summed E-state index contributed by atoms with van der Waals surface area (Å²) in [6, 6.07) is 19.5. The first-order chi connectivity index (χ1) is 11.3. The fourth-order valence-electron chi connectivity index (χ4n) is 2.20. The summed E-state index contributed by atoms with van der Waals surface area (Å²) in [6.07, 6.45) is 1.90. The number of nitrogens with one attached hydrogen (secondary N) is 1. The maximum absolute atomic E-state index is 11.7. The second kappa shape index (κ2) is 9.41. The van der Waals surface area contributed by atoms with Crippen LogP contribution in [0, 0.1) is 5.92 Å². The Kier molecular flexibility index (Phi) is 6.85. The normalized spacial score (nSPS) is 11.5. The van der Waals surface area contributed by atoms with E-state index in [-0.39, 0.29) is 12.5 Å². The van der Waals surface area contributed by atoms with E-state index in [4.69, 9.17) is 4.74 Å². The minimum Gasteiger partial charge on any atom is -0.445 e. The maximum atomic E-state index is 11.7. The SMILES string of the molecule is O=C[C@@H](CCc1ccccc1)CNC(=O)OCc1ccccc1. The molecule has 0 heterocycles. The zero-order valence-electron chi connectivity index (χ0n) is 13.0. The number of ether oxygens (including phenoxy) is 1. The smallest absolute Gasteiger partial charge is 0.407 e. The molecule has 120 valence electrons.